The molecular formula is C16H11FO3S. The van der Waals surface area contributed by atoms with Gasteiger partial charge in [0.25, 0.3) is 0 Å². The molecule has 0 radical (unpaired) electrons. The van der Waals surface area contributed by atoms with Gasteiger partial charge in [-0.25, -0.2) is 12.8 Å². The van der Waals surface area contributed by atoms with Gasteiger partial charge in [-0.3, -0.25) is 4.79 Å². The van der Waals surface area contributed by atoms with E-state index in [0.717, 1.165) is 0 Å². The van der Waals surface area contributed by atoms with Gasteiger partial charge in [0.15, 0.2) is 15.6 Å². The Labute approximate surface area is 121 Å². The van der Waals surface area contributed by atoms with Gasteiger partial charge in [0.1, 0.15) is 5.82 Å². The number of carbonyl (C=O) groups is 1. The number of hydrogen-bond acceptors (Lipinski definition) is 3. The summed E-state index contributed by atoms with van der Waals surface area (Å²) < 4.78 is 37.3. The molecule has 0 saturated heterocycles. The fraction of sp³-hybridized carbons (Fsp3) is 0.0625. The molecule has 0 N–H and O–H groups in total. The van der Waals surface area contributed by atoms with E-state index in [-0.39, 0.29) is 33.4 Å². The predicted molar refractivity (Wildman–Crippen MR) is 77.2 cm³/mol. The molecule has 0 amide bonds. The van der Waals surface area contributed by atoms with Gasteiger partial charge in [0, 0.05) is 11.1 Å². The standard InChI is InChI=1S/C16H11FO3S/c17-13-7-5-11(6-8-13)9-12-10-21(19,20)15-4-2-1-3-14(15)16(12)18/h1-9H,10H2/b12-9+. The molecule has 2 aromatic rings. The largest absolute Gasteiger partial charge is 0.289 e. The lowest BCUT2D eigenvalue weighted by atomic mass is 10.0. The number of carbonyl (C=O) groups excluding carboxylic acids is 1. The van der Waals surface area contributed by atoms with Gasteiger partial charge in [-0.2, -0.15) is 0 Å². The molecule has 2 aromatic carbocycles. The Bertz CT molecular complexity index is 849. The summed E-state index contributed by atoms with van der Waals surface area (Å²) in [5.41, 5.74) is 0.978. The van der Waals surface area contributed by atoms with Gasteiger partial charge >= 0.3 is 0 Å². The molecule has 0 bridgehead atoms. The van der Waals surface area contributed by atoms with Crippen molar-refractivity contribution in [2.45, 2.75) is 4.90 Å². The maximum absolute atomic E-state index is 12.9. The summed E-state index contributed by atoms with van der Waals surface area (Å²) in [4.78, 5) is 12.4. The molecule has 0 saturated carbocycles. The third kappa shape index (κ3) is 2.52. The third-order valence-electron chi connectivity index (χ3n) is 3.31. The lowest BCUT2D eigenvalue weighted by Gasteiger charge is -2.17. The van der Waals surface area contributed by atoms with Crippen LogP contribution in [0.15, 0.2) is 59.0 Å². The van der Waals surface area contributed by atoms with Gasteiger partial charge in [0.2, 0.25) is 0 Å². The number of ketones is 1. The van der Waals surface area contributed by atoms with Crippen LogP contribution in [0.1, 0.15) is 15.9 Å². The first-order valence-corrected chi connectivity index (χ1v) is 7.95. The Kier molecular flexibility index (Phi) is 3.22. The van der Waals surface area contributed by atoms with Gasteiger partial charge in [0.05, 0.1) is 10.6 Å². The van der Waals surface area contributed by atoms with E-state index in [1.165, 1.54) is 42.5 Å². The van der Waals surface area contributed by atoms with E-state index in [1.54, 1.807) is 12.1 Å². The van der Waals surface area contributed by atoms with Gasteiger partial charge < -0.3 is 0 Å². The van der Waals surface area contributed by atoms with Crippen molar-refractivity contribution in [3.05, 3.63) is 71.0 Å². The summed E-state index contributed by atoms with van der Waals surface area (Å²) >= 11 is 0. The number of sulfone groups is 1. The van der Waals surface area contributed by atoms with E-state index in [4.69, 9.17) is 0 Å². The highest BCUT2D eigenvalue weighted by Crippen LogP contribution is 2.28. The summed E-state index contributed by atoms with van der Waals surface area (Å²) in [6, 6.07) is 11.7. The summed E-state index contributed by atoms with van der Waals surface area (Å²) in [6.45, 7) is 0. The van der Waals surface area contributed by atoms with Gasteiger partial charge in [-0.1, -0.05) is 24.3 Å². The molecule has 21 heavy (non-hydrogen) atoms. The first kappa shape index (κ1) is 13.7. The van der Waals surface area contributed by atoms with Crippen LogP contribution in [0.4, 0.5) is 4.39 Å². The van der Waals surface area contributed by atoms with Crippen LogP contribution >= 0.6 is 0 Å². The SMILES string of the molecule is O=C1/C(=C/c2ccc(F)cc2)CS(=O)(=O)c2ccccc21. The molecule has 3 rings (SSSR count). The van der Waals surface area contributed by atoms with Crippen molar-refractivity contribution >= 4 is 21.7 Å². The number of fused-ring (bicyclic) bond motifs is 1. The van der Waals surface area contributed by atoms with Crippen LogP contribution in [0.2, 0.25) is 0 Å². The maximum Gasteiger partial charge on any atom is 0.191 e. The van der Waals surface area contributed by atoms with Crippen LogP contribution in [-0.2, 0) is 9.84 Å². The van der Waals surface area contributed by atoms with Crippen molar-refractivity contribution in [1.29, 1.82) is 0 Å². The molecule has 0 aliphatic carbocycles. The van der Waals surface area contributed by atoms with Crippen molar-refractivity contribution in [1.82, 2.24) is 0 Å². The van der Waals surface area contributed by atoms with Crippen LogP contribution in [-0.4, -0.2) is 20.0 Å². The lowest BCUT2D eigenvalue weighted by molar-refractivity contribution is 0.103. The number of benzene rings is 2. The minimum absolute atomic E-state index is 0.0752. The topological polar surface area (TPSA) is 51.2 Å². The fourth-order valence-corrected chi connectivity index (χ4v) is 3.87. The first-order chi connectivity index (χ1) is 9.97. The molecule has 0 spiro atoms. The Morgan fingerprint density at radius 3 is 2.38 bits per heavy atom. The molecule has 3 nitrogen and oxygen atoms in total. The minimum atomic E-state index is -3.52. The summed E-state index contributed by atoms with van der Waals surface area (Å²) in [7, 11) is -3.52. The Morgan fingerprint density at radius 2 is 1.67 bits per heavy atom. The Hall–Kier alpha value is -2.27. The Balaban J connectivity index is 2.11. The second-order valence-corrected chi connectivity index (χ2v) is 6.76. The fourth-order valence-electron chi connectivity index (χ4n) is 2.31. The zero-order valence-electron chi connectivity index (χ0n) is 10.9. The summed E-state index contributed by atoms with van der Waals surface area (Å²) in [5.74, 6) is -1.02. The monoisotopic (exact) mass is 302 g/mol. The van der Waals surface area contributed by atoms with Crippen LogP contribution in [0, 0.1) is 5.82 Å². The predicted octanol–water partition coefficient (Wildman–Crippen LogP) is 2.88. The molecule has 106 valence electrons. The normalized spacial score (nSPS) is 18.5. The average Bonchev–Trinajstić information content (AvgIpc) is 2.47. The van der Waals surface area contributed by atoms with E-state index in [9.17, 15) is 17.6 Å². The van der Waals surface area contributed by atoms with Crippen LogP contribution in [0.25, 0.3) is 6.08 Å². The molecule has 0 unspecified atom stereocenters. The number of hydrogen-bond donors (Lipinski definition) is 0. The Morgan fingerprint density at radius 1 is 1.00 bits per heavy atom. The summed E-state index contributed by atoms with van der Waals surface area (Å²) in [6.07, 6.45) is 1.50. The molecule has 1 heterocycles. The quantitative estimate of drug-likeness (QED) is 0.761. The smallest absolute Gasteiger partial charge is 0.191 e. The highest BCUT2D eigenvalue weighted by atomic mass is 32.2. The van der Waals surface area contributed by atoms with E-state index in [2.05, 4.69) is 0 Å². The van der Waals surface area contributed by atoms with Crippen LogP contribution in [0.5, 0.6) is 0 Å². The molecule has 0 aromatic heterocycles. The molecule has 1 aliphatic rings. The van der Waals surface area contributed by atoms with E-state index in [0.29, 0.717) is 5.56 Å². The van der Waals surface area contributed by atoms with E-state index < -0.39 is 9.84 Å². The molecule has 5 heteroatoms. The highest BCUT2D eigenvalue weighted by molar-refractivity contribution is 7.91. The molecular weight excluding hydrogens is 291 g/mol. The molecule has 1 aliphatic heterocycles. The van der Waals surface area contributed by atoms with Crippen LogP contribution < -0.4 is 0 Å². The first-order valence-electron chi connectivity index (χ1n) is 6.30. The third-order valence-corrected chi connectivity index (χ3v) is 5.03. The average molecular weight is 302 g/mol. The number of Topliss-reactive ketones (excluding diaryl/α,β-unsaturated/α-hetero) is 1. The van der Waals surface area contributed by atoms with E-state index >= 15 is 0 Å². The summed E-state index contributed by atoms with van der Waals surface area (Å²) in [5, 5.41) is 0. The molecule has 0 atom stereocenters. The second kappa shape index (κ2) is 4.93. The zero-order chi connectivity index (χ0) is 15.0. The number of halogens is 1. The van der Waals surface area contributed by atoms with Gasteiger partial charge in [-0.15, -0.1) is 0 Å². The van der Waals surface area contributed by atoms with Crippen molar-refractivity contribution in [2.24, 2.45) is 0 Å². The van der Waals surface area contributed by atoms with Crippen molar-refractivity contribution < 1.29 is 17.6 Å². The minimum Gasteiger partial charge on any atom is -0.289 e. The zero-order valence-corrected chi connectivity index (χ0v) is 11.7. The molecule has 0 fully saturated rings. The maximum atomic E-state index is 12.9. The number of rotatable bonds is 1. The van der Waals surface area contributed by atoms with Crippen molar-refractivity contribution in [3.8, 4) is 0 Å². The van der Waals surface area contributed by atoms with Gasteiger partial charge in [-0.05, 0) is 35.9 Å². The van der Waals surface area contributed by atoms with E-state index in [1.807, 2.05) is 0 Å². The second-order valence-electron chi connectivity index (χ2n) is 4.81. The van der Waals surface area contributed by atoms with Crippen molar-refractivity contribution in [3.63, 3.8) is 0 Å². The highest BCUT2D eigenvalue weighted by Gasteiger charge is 2.32. The van der Waals surface area contributed by atoms with Crippen LogP contribution in [0.3, 0.4) is 0 Å². The van der Waals surface area contributed by atoms with Crippen molar-refractivity contribution in [2.75, 3.05) is 5.75 Å². The lowest BCUT2D eigenvalue weighted by Crippen LogP contribution is -2.24.